The van der Waals surface area contributed by atoms with E-state index in [1.165, 1.54) is 26.4 Å². The number of carbonyl (C=O) groups is 4. The van der Waals surface area contributed by atoms with Crippen molar-refractivity contribution in [2.24, 2.45) is 0 Å². The van der Waals surface area contributed by atoms with Crippen molar-refractivity contribution in [3.05, 3.63) is 58.0 Å². The van der Waals surface area contributed by atoms with Crippen LogP contribution in [0.3, 0.4) is 0 Å². The van der Waals surface area contributed by atoms with E-state index in [-0.39, 0.29) is 11.5 Å². The zero-order valence-electron chi connectivity index (χ0n) is 17.6. The van der Waals surface area contributed by atoms with Crippen LogP contribution in [0.5, 0.6) is 11.5 Å². The number of carbonyl (C=O) groups excluding carboxylic acids is 4. The molecule has 0 aromatic heterocycles. The van der Waals surface area contributed by atoms with Crippen LogP contribution < -0.4 is 14.8 Å². The summed E-state index contributed by atoms with van der Waals surface area (Å²) in [6.45, 7) is -0.661. The molecule has 11 heteroatoms. The van der Waals surface area contributed by atoms with E-state index in [4.69, 9.17) is 21.1 Å². The molecule has 2 aromatic carbocycles. The summed E-state index contributed by atoms with van der Waals surface area (Å²) in [5.74, 6) is -0.729. The number of thioether (sulfide) groups is 1. The molecule has 0 radical (unpaired) electrons. The van der Waals surface area contributed by atoms with Crippen LogP contribution in [-0.2, 0) is 19.1 Å². The first-order valence-electron chi connectivity index (χ1n) is 9.49. The third-order valence-corrected chi connectivity index (χ3v) is 5.58. The molecule has 2 aromatic rings. The Morgan fingerprint density at radius 2 is 1.85 bits per heavy atom. The highest BCUT2D eigenvalue weighted by molar-refractivity contribution is 8.18. The normalized spacial score (nSPS) is 14.4. The Balaban J connectivity index is 1.61. The molecule has 9 nitrogen and oxygen atoms in total. The lowest BCUT2D eigenvalue weighted by Crippen LogP contribution is -2.36. The average Bonchev–Trinajstić information content (AvgIpc) is 3.05. The van der Waals surface area contributed by atoms with Gasteiger partial charge in [-0.1, -0.05) is 23.7 Å². The number of hydrogen-bond acceptors (Lipinski definition) is 8. The first kappa shape index (κ1) is 24.1. The van der Waals surface area contributed by atoms with Crippen LogP contribution in [0.4, 0.5) is 10.5 Å². The number of halogens is 1. The Hall–Kier alpha value is -3.50. The standard InChI is InChI=1S/C22H19ClN2O7S/c1-30-17-8-5-14(10-16(17)23)24-19(26)11-25-21(28)18(33-22(25)29)9-13-3-6-15(7-4-13)32-12-20(27)31-2/h3-10H,11-12H2,1-2H3,(H,24,26)/b18-9-. The van der Waals surface area contributed by atoms with Crippen molar-refractivity contribution in [1.29, 1.82) is 0 Å². The number of nitrogens with zero attached hydrogens (tertiary/aromatic N) is 1. The fraction of sp³-hybridized carbons (Fsp3) is 0.182. The summed E-state index contributed by atoms with van der Waals surface area (Å²) in [5, 5.41) is 2.36. The number of rotatable bonds is 8. The second-order valence-electron chi connectivity index (χ2n) is 6.60. The molecule has 0 unspecified atom stereocenters. The Labute approximate surface area is 198 Å². The molecule has 1 heterocycles. The zero-order valence-corrected chi connectivity index (χ0v) is 19.2. The molecule has 0 spiro atoms. The van der Waals surface area contributed by atoms with Crippen molar-refractivity contribution in [1.82, 2.24) is 4.90 Å². The molecule has 0 saturated carbocycles. The highest BCUT2D eigenvalue weighted by atomic mass is 35.5. The molecule has 0 bridgehead atoms. The molecule has 0 atom stereocenters. The molecule has 1 aliphatic heterocycles. The minimum absolute atomic E-state index is 0.184. The lowest BCUT2D eigenvalue weighted by Gasteiger charge is -2.13. The second-order valence-corrected chi connectivity index (χ2v) is 8.00. The third kappa shape index (κ3) is 6.27. The van der Waals surface area contributed by atoms with E-state index in [0.29, 0.717) is 27.8 Å². The van der Waals surface area contributed by atoms with E-state index in [9.17, 15) is 19.2 Å². The van der Waals surface area contributed by atoms with Crippen molar-refractivity contribution in [2.75, 3.05) is 32.7 Å². The molecule has 3 amide bonds. The summed E-state index contributed by atoms with van der Waals surface area (Å²) in [6, 6.07) is 11.3. The van der Waals surface area contributed by atoms with E-state index in [2.05, 4.69) is 10.1 Å². The summed E-state index contributed by atoms with van der Waals surface area (Å²) in [7, 11) is 2.74. The van der Waals surface area contributed by atoms with Crippen LogP contribution in [-0.4, -0.2) is 55.3 Å². The minimum atomic E-state index is -0.570. The smallest absolute Gasteiger partial charge is 0.343 e. The number of amides is 3. The number of benzene rings is 2. The van der Waals surface area contributed by atoms with Gasteiger partial charge in [0.05, 0.1) is 24.1 Å². The van der Waals surface area contributed by atoms with Crippen molar-refractivity contribution in [3.8, 4) is 11.5 Å². The number of anilines is 1. The van der Waals surface area contributed by atoms with Crippen LogP contribution in [0.25, 0.3) is 6.08 Å². The highest BCUT2D eigenvalue weighted by Gasteiger charge is 2.36. The van der Waals surface area contributed by atoms with Crippen LogP contribution in [0.1, 0.15) is 5.56 Å². The van der Waals surface area contributed by atoms with Gasteiger partial charge in [-0.15, -0.1) is 0 Å². The van der Waals surface area contributed by atoms with Crippen LogP contribution in [0, 0.1) is 0 Å². The topological polar surface area (TPSA) is 111 Å². The second kappa shape index (κ2) is 10.9. The summed E-state index contributed by atoms with van der Waals surface area (Å²) in [6.07, 6.45) is 1.54. The van der Waals surface area contributed by atoms with Crippen molar-refractivity contribution in [2.45, 2.75) is 0 Å². The molecule has 1 fully saturated rings. The van der Waals surface area contributed by atoms with Gasteiger partial charge < -0.3 is 19.5 Å². The van der Waals surface area contributed by atoms with Crippen molar-refractivity contribution < 1.29 is 33.4 Å². The maximum absolute atomic E-state index is 12.6. The van der Waals surface area contributed by atoms with Gasteiger partial charge in [0.15, 0.2) is 6.61 Å². The van der Waals surface area contributed by atoms with Gasteiger partial charge >= 0.3 is 5.97 Å². The molecule has 1 N–H and O–H groups in total. The van der Waals surface area contributed by atoms with Crippen molar-refractivity contribution in [3.63, 3.8) is 0 Å². The SMILES string of the molecule is COC(=O)COc1ccc(/C=C2\SC(=O)N(CC(=O)Nc3ccc(OC)c(Cl)c3)C2=O)cc1. The quantitative estimate of drug-likeness (QED) is 0.441. The highest BCUT2D eigenvalue weighted by Crippen LogP contribution is 2.32. The van der Waals surface area contributed by atoms with Gasteiger partial charge in [0.25, 0.3) is 11.1 Å². The Bertz CT molecular complexity index is 1120. The van der Waals surface area contributed by atoms with E-state index in [1.807, 2.05) is 0 Å². The largest absolute Gasteiger partial charge is 0.495 e. The molecule has 0 aliphatic carbocycles. The lowest BCUT2D eigenvalue weighted by atomic mass is 10.2. The molecule has 33 heavy (non-hydrogen) atoms. The average molecular weight is 491 g/mol. The molecule has 1 aliphatic rings. The number of nitrogens with one attached hydrogen (secondary N) is 1. The maximum atomic E-state index is 12.6. The van der Waals surface area contributed by atoms with Crippen LogP contribution in [0.2, 0.25) is 5.02 Å². The van der Waals surface area contributed by atoms with E-state index in [1.54, 1.807) is 36.4 Å². The number of methoxy groups -OCH3 is 2. The van der Waals surface area contributed by atoms with E-state index >= 15 is 0 Å². The number of esters is 1. The molecule has 3 rings (SSSR count). The minimum Gasteiger partial charge on any atom is -0.495 e. The fourth-order valence-electron chi connectivity index (χ4n) is 2.74. The molecule has 172 valence electrons. The zero-order chi connectivity index (χ0) is 24.0. The van der Waals surface area contributed by atoms with E-state index < -0.39 is 29.6 Å². The fourth-order valence-corrected chi connectivity index (χ4v) is 3.83. The maximum Gasteiger partial charge on any atom is 0.343 e. The van der Waals surface area contributed by atoms with Gasteiger partial charge in [0.2, 0.25) is 5.91 Å². The Kier molecular flexibility index (Phi) is 7.96. The third-order valence-electron chi connectivity index (χ3n) is 4.37. The predicted octanol–water partition coefficient (Wildman–Crippen LogP) is 3.58. The Morgan fingerprint density at radius 1 is 1.12 bits per heavy atom. The van der Waals surface area contributed by atoms with Gasteiger partial charge in [0.1, 0.15) is 18.0 Å². The van der Waals surface area contributed by atoms with Gasteiger partial charge in [0, 0.05) is 5.69 Å². The van der Waals surface area contributed by atoms with Crippen molar-refractivity contribution >= 4 is 58.1 Å². The van der Waals surface area contributed by atoms with E-state index in [0.717, 1.165) is 16.7 Å². The number of hydrogen-bond donors (Lipinski definition) is 1. The first-order chi connectivity index (χ1) is 15.8. The number of ether oxygens (including phenoxy) is 3. The molecular weight excluding hydrogens is 472 g/mol. The summed E-state index contributed by atoms with van der Waals surface area (Å²) >= 11 is 6.78. The van der Waals surface area contributed by atoms with Crippen LogP contribution >= 0.6 is 23.4 Å². The number of imide groups is 1. The Morgan fingerprint density at radius 3 is 2.48 bits per heavy atom. The van der Waals surface area contributed by atoms with Crippen LogP contribution in [0.15, 0.2) is 47.4 Å². The lowest BCUT2D eigenvalue weighted by molar-refractivity contribution is -0.142. The summed E-state index contributed by atoms with van der Waals surface area (Å²) < 4.78 is 14.8. The monoisotopic (exact) mass is 490 g/mol. The summed E-state index contributed by atoms with van der Waals surface area (Å²) in [4.78, 5) is 49.5. The molecular formula is C22H19ClN2O7S. The summed E-state index contributed by atoms with van der Waals surface area (Å²) in [5.41, 5.74) is 1.05. The first-order valence-corrected chi connectivity index (χ1v) is 10.7. The van der Waals surface area contributed by atoms with Gasteiger partial charge in [-0.25, -0.2) is 4.79 Å². The predicted molar refractivity (Wildman–Crippen MR) is 123 cm³/mol. The van der Waals surface area contributed by atoms with Gasteiger partial charge in [-0.3, -0.25) is 19.3 Å². The van der Waals surface area contributed by atoms with Gasteiger partial charge in [-0.2, -0.15) is 0 Å². The van der Waals surface area contributed by atoms with Gasteiger partial charge in [-0.05, 0) is 53.7 Å². The molecule has 1 saturated heterocycles.